The van der Waals surface area contributed by atoms with Crippen LogP contribution < -0.4 is 16.4 Å². The van der Waals surface area contributed by atoms with E-state index < -0.39 is 0 Å². The number of urea groups is 1. The summed E-state index contributed by atoms with van der Waals surface area (Å²) >= 11 is 0. The number of unbranched alkanes of at least 4 members (excludes halogenated alkanes) is 1. The van der Waals surface area contributed by atoms with Gasteiger partial charge in [0, 0.05) is 30.9 Å². The fourth-order valence-corrected chi connectivity index (χ4v) is 3.88. The Balaban J connectivity index is 1.42. The van der Waals surface area contributed by atoms with Gasteiger partial charge in [-0.1, -0.05) is 25.1 Å². The lowest BCUT2D eigenvalue weighted by Gasteiger charge is -2.13. The van der Waals surface area contributed by atoms with Crippen molar-refractivity contribution in [2.45, 2.75) is 38.6 Å². The highest BCUT2D eigenvalue weighted by molar-refractivity contribution is 6.00. The molecular formula is C24H29N7O. The number of benzene rings is 1. The van der Waals surface area contributed by atoms with Crippen molar-refractivity contribution in [1.29, 1.82) is 0 Å². The largest absolute Gasteiger partial charge is 0.338 e. The number of aromatic nitrogens is 4. The number of hydrogen-bond donors (Lipinski definition) is 3. The van der Waals surface area contributed by atoms with Crippen LogP contribution in [0.5, 0.6) is 0 Å². The van der Waals surface area contributed by atoms with Gasteiger partial charge in [0.15, 0.2) is 0 Å². The van der Waals surface area contributed by atoms with Crippen LogP contribution in [-0.4, -0.2) is 38.6 Å². The lowest BCUT2D eigenvalue weighted by Crippen LogP contribution is -2.29. The number of para-hydroxylation sites is 1. The van der Waals surface area contributed by atoms with Crippen LogP contribution in [0.15, 0.2) is 55.0 Å². The molecule has 1 aromatic carbocycles. The van der Waals surface area contributed by atoms with Crippen molar-refractivity contribution in [3.8, 4) is 0 Å². The molecule has 4 aromatic rings. The summed E-state index contributed by atoms with van der Waals surface area (Å²) < 4.78 is 2.15. The number of aryl methyl sites for hydroxylation is 1. The first kappa shape index (κ1) is 21.7. The number of rotatable bonds is 9. The predicted molar refractivity (Wildman–Crippen MR) is 128 cm³/mol. The van der Waals surface area contributed by atoms with E-state index >= 15 is 0 Å². The maximum absolute atomic E-state index is 12.0. The highest BCUT2D eigenvalue weighted by Crippen LogP contribution is 2.29. The Kier molecular flexibility index (Phi) is 6.91. The molecule has 2 amide bonds. The van der Waals surface area contributed by atoms with E-state index in [9.17, 15) is 4.79 Å². The van der Waals surface area contributed by atoms with E-state index in [1.165, 1.54) is 0 Å². The van der Waals surface area contributed by atoms with Crippen LogP contribution in [0, 0.1) is 0 Å². The molecule has 0 bridgehead atoms. The maximum Gasteiger partial charge on any atom is 0.319 e. The summed E-state index contributed by atoms with van der Waals surface area (Å²) in [6.07, 6.45) is 6.28. The molecule has 166 valence electrons. The summed E-state index contributed by atoms with van der Waals surface area (Å²) in [5, 5.41) is 5.74. The van der Waals surface area contributed by atoms with Gasteiger partial charge >= 0.3 is 6.03 Å². The monoisotopic (exact) mass is 431 g/mol. The second kappa shape index (κ2) is 10.2. The number of carbonyl (C=O) groups excluding carboxylic acids is 1. The zero-order valence-electron chi connectivity index (χ0n) is 18.3. The summed E-state index contributed by atoms with van der Waals surface area (Å²) in [7, 11) is 0. The number of anilines is 1. The third kappa shape index (κ3) is 4.86. The SMILES string of the molecule is CC(CCN)c1nc2cccnc2c2c1ncn2CCCCNC(=O)Nc1ccccc1. The summed E-state index contributed by atoms with van der Waals surface area (Å²) in [6.45, 7) is 4.15. The number of nitrogens with zero attached hydrogens (tertiary/aromatic N) is 4. The van der Waals surface area contributed by atoms with E-state index in [0.717, 1.165) is 59.3 Å². The zero-order chi connectivity index (χ0) is 22.3. The molecule has 0 spiro atoms. The van der Waals surface area contributed by atoms with E-state index in [2.05, 4.69) is 32.1 Å². The molecule has 0 radical (unpaired) electrons. The van der Waals surface area contributed by atoms with Crippen LogP contribution >= 0.6 is 0 Å². The number of nitrogens with two attached hydrogens (primary N) is 1. The minimum Gasteiger partial charge on any atom is -0.338 e. The lowest BCUT2D eigenvalue weighted by atomic mass is 10.0. The first-order valence-electron chi connectivity index (χ1n) is 11.1. The standard InChI is InChI=1S/C24H29N7O/c1-17(11-12-25)20-22-23(21-19(30-20)10-7-14-26-21)31(16-28-22)15-6-5-13-27-24(32)29-18-8-3-2-4-9-18/h2-4,7-10,14,16-17H,5-6,11-13,15,25H2,1H3,(H2,27,29,32). The molecule has 3 heterocycles. The fourth-order valence-electron chi connectivity index (χ4n) is 3.88. The summed E-state index contributed by atoms with van der Waals surface area (Å²) in [5.41, 5.74) is 11.2. The van der Waals surface area contributed by atoms with Crippen LogP contribution in [-0.2, 0) is 6.54 Å². The smallest absolute Gasteiger partial charge is 0.319 e. The molecule has 4 N–H and O–H groups in total. The molecule has 0 fully saturated rings. The number of imidazole rings is 1. The van der Waals surface area contributed by atoms with Crippen molar-refractivity contribution in [3.63, 3.8) is 0 Å². The van der Waals surface area contributed by atoms with Gasteiger partial charge in [-0.15, -0.1) is 0 Å². The van der Waals surface area contributed by atoms with Crippen molar-refractivity contribution in [2.75, 3.05) is 18.4 Å². The Hall–Kier alpha value is -3.52. The number of amides is 2. The fraction of sp³-hybridized carbons (Fsp3) is 0.333. The van der Waals surface area contributed by atoms with Crippen LogP contribution in [0.1, 0.15) is 37.8 Å². The van der Waals surface area contributed by atoms with Crippen molar-refractivity contribution in [3.05, 3.63) is 60.7 Å². The molecule has 4 rings (SSSR count). The number of nitrogens with one attached hydrogen (secondary N) is 2. The van der Waals surface area contributed by atoms with E-state index in [1.54, 1.807) is 6.20 Å². The topological polar surface area (TPSA) is 111 Å². The molecule has 0 aliphatic rings. The lowest BCUT2D eigenvalue weighted by molar-refractivity contribution is 0.252. The summed E-state index contributed by atoms with van der Waals surface area (Å²) in [4.78, 5) is 26.1. The molecule has 32 heavy (non-hydrogen) atoms. The minimum absolute atomic E-state index is 0.191. The quantitative estimate of drug-likeness (QED) is 0.347. The molecule has 0 saturated heterocycles. The Morgan fingerprint density at radius 2 is 1.94 bits per heavy atom. The van der Waals surface area contributed by atoms with E-state index in [4.69, 9.17) is 10.7 Å². The van der Waals surface area contributed by atoms with Gasteiger partial charge in [-0.05, 0) is 50.1 Å². The highest BCUT2D eigenvalue weighted by atomic mass is 16.2. The molecular weight excluding hydrogens is 402 g/mol. The van der Waals surface area contributed by atoms with Gasteiger partial charge in [0.05, 0.1) is 23.1 Å². The van der Waals surface area contributed by atoms with Crippen molar-refractivity contribution < 1.29 is 4.79 Å². The normalized spacial score (nSPS) is 12.2. The van der Waals surface area contributed by atoms with Gasteiger partial charge in [-0.25, -0.2) is 14.8 Å². The van der Waals surface area contributed by atoms with Crippen LogP contribution in [0.4, 0.5) is 10.5 Å². The van der Waals surface area contributed by atoms with E-state index in [1.807, 2.05) is 48.8 Å². The second-order valence-electron chi connectivity index (χ2n) is 7.94. The Morgan fingerprint density at radius 3 is 2.75 bits per heavy atom. The predicted octanol–water partition coefficient (Wildman–Crippen LogP) is 4.03. The average molecular weight is 432 g/mol. The summed E-state index contributed by atoms with van der Waals surface area (Å²) in [6, 6.07) is 13.1. The van der Waals surface area contributed by atoms with Crippen LogP contribution in [0.2, 0.25) is 0 Å². The third-order valence-electron chi connectivity index (χ3n) is 5.54. The zero-order valence-corrected chi connectivity index (χ0v) is 18.3. The number of carbonyl (C=O) groups is 1. The first-order chi connectivity index (χ1) is 15.7. The van der Waals surface area contributed by atoms with Crippen molar-refractivity contribution in [1.82, 2.24) is 24.8 Å². The molecule has 0 aliphatic heterocycles. The maximum atomic E-state index is 12.0. The number of pyridine rings is 2. The van der Waals surface area contributed by atoms with Crippen molar-refractivity contribution >= 4 is 33.8 Å². The molecule has 1 unspecified atom stereocenters. The Labute approximate surface area is 187 Å². The molecule has 8 heteroatoms. The minimum atomic E-state index is -0.191. The van der Waals surface area contributed by atoms with Crippen molar-refractivity contribution in [2.24, 2.45) is 5.73 Å². The van der Waals surface area contributed by atoms with Gasteiger partial charge in [-0.2, -0.15) is 0 Å². The number of hydrogen-bond acceptors (Lipinski definition) is 5. The molecule has 3 aromatic heterocycles. The van der Waals surface area contributed by atoms with E-state index in [0.29, 0.717) is 13.1 Å². The summed E-state index contributed by atoms with van der Waals surface area (Å²) in [5.74, 6) is 0.225. The van der Waals surface area contributed by atoms with Crippen LogP contribution in [0.25, 0.3) is 22.1 Å². The highest BCUT2D eigenvalue weighted by Gasteiger charge is 2.18. The average Bonchev–Trinajstić information content (AvgIpc) is 3.23. The molecule has 0 aliphatic carbocycles. The molecule has 0 saturated carbocycles. The number of fused-ring (bicyclic) bond motifs is 3. The van der Waals surface area contributed by atoms with Gasteiger partial charge in [0.2, 0.25) is 0 Å². The van der Waals surface area contributed by atoms with Gasteiger partial charge < -0.3 is 20.9 Å². The van der Waals surface area contributed by atoms with Gasteiger partial charge in [-0.3, -0.25) is 4.98 Å². The third-order valence-corrected chi connectivity index (χ3v) is 5.54. The second-order valence-corrected chi connectivity index (χ2v) is 7.94. The Bertz CT molecular complexity index is 1190. The Morgan fingerprint density at radius 1 is 1.09 bits per heavy atom. The van der Waals surface area contributed by atoms with E-state index in [-0.39, 0.29) is 11.9 Å². The van der Waals surface area contributed by atoms with Gasteiger partial charge in [0.1, 0.15) is 11.0 Å². The molecule has 1 atom stereocenters. The van der Waals surface area contributed by atoms with Gasteiger partial charge in [0.25, 0.3) is 0 Å². The first-order valence-corrected chi connectivity index (χ1v) is 11.1. The molecule has 8 nitrogen and oxygen atoms in total. The van der Waals surface area contributed by atoms with Crippen LogP contribution in [0.3, 0.4) is 0 Å².